The molecule has 0 amide bonds. The maximum absolute atomic E-state index is 13.2. The third kappa shape index (κ3) is 2.22. The average Bonchev–Trinajstić information content (AvgIpc) is 2.29. The fraction of sp³-hybridized carbons (Fsp3) is 0.417. The molecule has 0 spiro atoms. The van der Waals surface area contributed by atoms with Crippen molar-refractivity contribution in [3.8, 4) is 5.75 Å². The number of halogens is 1. The second-order valence-corrected chi connectivity index (χ2v) is 3.75. The third-order valence-electron chi connectivity index (χ3n) is 2.66. The van der Waals surface area contributed by atoms with Crippen LogP contribution in [0.4, 0.5) is 4.39 Å². The normalized spacial score (nSPS) is 20.9. The molecular formula is C12H13FO3. The Morgan fingerprint density at radius 1 is 1.50 bits per heavy atom. The first-order chi connectivity index (χ1) is 7.70. The van der Waals surface area contributed by atoms with Gasteiger partial charge in [0.2, 0.25) is 0 Å². The Kier molecular flexibility index (Phi) is 3.19. The highest BCUT2D eigenvalue weighted by atomic mass is 19.1. The zero-order valence-electron chi connectivity index (χ0n) is 9.03. The van der Waals surface area contributed by atoms with Crippen molar-refractivity contribution in [1.82, 2.24) is 0 Å². The van der Waals surface area contributed by atoms with Crippen LogP contribution in [0.3, 0.4) is 0 Å². The van der Waals surface area contributed by atoms with Gasteiger partial charge in [0, 0.05) is 12.8 Å². The van der Waals surface area contributed by atoms with Gasteiger partial charge in [-0.05, 0) is 17.7 Å². The van der Waals surface area contributed by atoms with Crippen LogP contribution in [-0.4, -0.2) is 19.5 Å². The zero-order chi connectivity index (χ0) is 11.5. The second-order valence-electron chi connectivity index (χ2n) is 3.75. The summed E-state index contributed by atoms with van der Waals surface area (Å²) in [5.41, 5.74) is 0.784. The quantitative estimate of drug-likeness (QED) is 0.773. The predicted octanol–water partition coefficient (Wildman–Crippen LogP) is 2.25. The van der Waals surface area contributed by atoms with E-state index in [2.05, 4.69) is 0 Å². The first kappa shape index (κ1) is 11.1. The second kappa shape index (κ2) is 4.61. The largest absolute Gasteiger partial charge is 0.494 e. The van der Waals surface area contributed by atoms with E-state index in [0.717, 1.165) is 5.56 Å². The van der Waals surface area contributed by atoms with Crippen molar-refractivity contribution in [2.75, 3.05) is 13.7 Å². The van der Waals surface area contributed by atoms with E-state index in [1.807, 2.05) is 0 Å². The molecule has 0 saturated carbocycles. The maximum Gasteiger partial charge on any atom is 0.165 e. The Bertz CT molecular complexity index is 403. The maximum atomic E-state index is 13.2. The summed E-state index contributed by atoms with van der Waals surface area (Å²) in [4.78, 5) is 11.3. The molecule has 0 aromatic heterocycles. The minimum atomic E-state index is -0.409. The fourth-order valence-corrected chi connectivity index (χ4v) is 1.77. The number of ketones is 1. The van der Waals surface area contributed by atoms with Gasteiger partial charge in [0.05, 0.1) is 19.8 Å². The van der Waals surface area contributed by atoms with Crippen molar-refractivity contribution in [2.45, 2.75) is 18.9 Å². The summed E-state index contributed by atoms with van der Waals surface area (Å²) in [7, 11) is 1.41. The molecule has 3 nitrogen and oxygen atoms in total. The van der Waals surface area contributed by atoms with E-state index < -0.39 is 5.82 Å². The molecule has 1 aliphatic rings. The van der Waals surface area contributed by atoms with Crippen molar-refractivity contribution in [3.63, 3.8) is 0 Å². The van der Waals surface area contributed by atoms with E-state index >= 15 is 0 Å². The van der Waals surface area contributed by atoms with Crippen molar-refractivity contribution < 1.29 is 18.7 Å². The molecule has 0 bridgehead atoms. The van der Waals surface area contributed by atoms with Crippen LogP contribution in [0.15, 0.2) is 18.2 Å². The van der Waals surface area contributed by atoms with Gasteiger partial charge in [-0.25, -0.2) is 4.39 Å². The summed E-state index contributed by atoms with van der Waals surface area (Å²) in [6.45, 7) is 0.434. The molecule has 1 saturated heterocycles. The van der Waals surface area contributed by atoms with Crippen LogP contribution in [0.25, 0.3) is 0 Å². The number of rotatable bonds is 2. The van der Waals surface area contributed by atoms with Crippen molar-refractivity contribution in [2.24, 2.45) is 0 Å². The van der Waals surface area contributed by atoms with Gasteiger partial charge in [-0.3, -0.25) is 4.79 Å². The summed E-state index contributed by atoms with van der Waals surface area (Å²) in [6.07, 6.45) is 0.555. The van der Waals surface area contributed by atoms with Crippen LogP contribution in [0, 0.1) is 5.82 Å². The van der Waals surface area contributed by atoms with Crippen LogP contribution in [0.5, 0.6) is 5.75 Å². The first-order valence-corrected chi connectivity index (χ1v) is 5.17. The molecule has 1 aromatic rings. The highest BCUT2D eigenvalue weighted by Crippen LogP contribution is 2.29. The van der Waals surface area contributed by atoms with E-state index in [9.17, 15) is 9.18 Å². The minimum absolute atomic E-state index is 0.180. The number of benzene rings is 1. The van der Waals surface area contributed by atoms with Gasteiger partial charge >= 0.3 is 0 Å². The number of hydrogen-bond acceptors (Lipinski definition) is 3. The molecule has 1 aliphatic heterocycles. The van der Waals surface area contributed by atoms with Gasteiger partial charge in [-0.1, -0.05) is 6.07 Å². The van der Waals surface area contributed by atoms with Gasteiger partial charge < -0.3 is 9.47 Å². The number of methoxy groups -OCH3 is 1. The van der Waals surface area contributed by atoms with Gasteiger partial charge in [0.25, 0.3) is 0 Å². The standard InChI is InChI=1S/C12H13FO3/c1-15-12-6-8(2-3-10(12)13)11-7-9(14)4-5-16-11/h2-3,6,11H,4-5,7H2,1H3. The Balaban J connectivity index is 2.22. The van der Waals surface area contributed by atoms with Crippen molar-refractivity contribution in [1.29, 1.82) is 0 Å². The molecule has 2 rings (SSSR count). The SMILES string of the molecule is COc1cc(C2CC(=O)CCO2)ccc1F. The zero-order valence-corrected chi connectivity index (χ0v) is 9.03. The van der Waals surface area contributed by atoms with Crippen molar-refractivity contribution in [3.05, 3.63) is 29.6 Å². The molecular weight excluding hydrogens is 211 g/mol. The number of hydrogen-bond donors (Lipinski definition) is 0. The van der Waals surface area contributed by atoms with Crippen molar-refractivity contribution >= 4 is 5.78 Å². The van der Waals surface area contributed by atoms with Gasteiger partial charge in [0.15, 0.2) is 11.6 Å². The summed E-state index contributed by atoms with van der Waals surface area (Å²) in [5, 5.41) is 0. The third-order valence-corrected chi connectivity index (χ3v) is 2.66. The smallest absolute Gasteiger partial charge is 0.165 e. The lowest BCUT2D eigenvalue weighted by Crippen LogP contribution is -2.19. The minimum Gasteiger partial charge on any atom is -0.494 e. The van der Waals surface area contributed by atoms with E-state index in [-0.39, 0.29) is 17.6 Å². The number of carbonyl (C=O) groups excluding carboxylic acids is 1. The topological polar surface area (TPSA) is 35.5 Å². The highest BCUT2D eigenvalue weighted by molar-refractivity contribution is 5.79. The Morgan fingerprint density at radius 2 is 2.31 bits per heavy atom. The molecule has 16 heavy (non-hydrogen) atoms. The summed E-state index contributed by atoms with van der Waals surface area (Å²) >= 11 is 0. The average molecular weight is 224 g/mol. The van der Waals surface area contributed by atoms with Crippen LogP contribution in [0.2, 0.25) is 0 Å². The highest BCUT2D eigenvalue weighted by Gasteiger charge is 2.22. The van der Waals surface area contributed by atoms with E-state index in [0.29, 0.717) is 19.4 Å². The lowest BCUT2D eigenvalue weighted by atomic mass is 10.0. The number of ether oxygens (including phenoxy) is 2. The molecule has 0 N–H and O–H groups in total. The van der Waals surface area contributed by atoms with Gasteiger partial charge in [-0.2, -0.15) is 0 Å². The molecule has 1 fully saturated rings. The Labute approximate surface area is 93.2 Å². The summed E-state index contributed by atoms with van der Waals surface area (Å²) in [5.74, 6) is -0.0490. The molecule has 0 radical (unpaired) electrons. The van der Waals surface area contributed by atoms with Gasteiger partial charge in [-0.15, -0.1) is 0 Å². The Hall–Kier alpha value is -1.42. The Morgan fingerprint density at radius 3 is 3.00 bits per heavy atom. The number of Topliss-reactive ketones (excluding diaryl/α,β-unsaturated/α-hetero) is 1. The first-order valence-electron chi connectivity index (χ1n) is 5.17. The van der Waals surface area contributed by atoms with Crippen LogP contribution < -0.4 is 4.74 Å². The molecule has 1 aromatic carbocycles. The summed E-state index contributed by atoms with van der Waals surface area (Å²) in [6, 6.07) is 4.54. The lowest BCUT2D eigenvalue weighted by molar-refractivity contribution is -0.128. The monoisotopic (exact) mass is 224 g/mol. The van der Waals surface area contributed by atoms with Crippen LogP contribution >= 0.6 is 0 Å². The molecule has 1 unspecified atom stereocenters. The van der Waals surface area contributed by atoms with Crippen LogP contribution in [0.1, 0.15) is 24.5 Å². The molecule has 1 atom stereocenters. The predicted molar refractivity (Wildman–Crippen MR) is 55.9 cm³/mol. The van der Waals surface area contributed by atoms with E-state index in [4.69, 9.17) is 9.47 Å². The fourth-order valence-electron chi connectivity index (χ4n) is 1.77. The lowest BCUT2D eigenvalue weighted by Gasteiger charge is -2.22. The molecule has 4 heteroatoms. The number of carbonyl (C=O) groups is 1. The molecule has 0 aliphatic carbocycles. The van der Waals surface area contributed by atoms with E-state index in [1.165, 1.54) is 13.2 Å². The summed E-state index contributed by atoms with van der Waals surface area (Å²) < 4.78 is 23.5. The van der Waals surface area contributed by atoms with E-state index in [1.54, 1.807) is 12.1 Å². The van der Waals surface area contributed by atoms with Crippen LogP contribution in [-0.2, 0) is 9.53 Å². The molecule has 86 valence electrons. The van der Waals surface area contributed by atoms with Gasteiger partial charge in [0.1, 0.15) is 5.78 Å². The molecule has 1 heterocycles.